The van der Waals surface area contributed by atoms with Crippen LogP contribution in [-0.4, -0.2) is 31.1 Å². The van der Waals surface area contributed by atoms with Gasteiger partial charge >= 0.3 is 0 Å². The number of aromatic nitrogens is 1. The number of nitrogens with zero attached hydrogens (tertiary/aromatic N) is 1. The number of hydrogen-bond acceptors (Lipinski definition) is 5. The Labute approximate surface area is 161 Å². The molecule has 26 heavy (non-hydrogen) atoms. The lowest BCUT2D eigenvalue weighted by Gasteiger charge is -2.16. The third kappa shape index (κ3) is 4.91. The zero-order valence-corrected chi connectivity index (χ0v) is 16.5. The fourth-order valence-corrected chi connectivity index (χ4v) is 4.14. The molecule has 2 aromatic heterocycles. The maximum absolute atomic E-state index is 12.4. The van der Waals surface area contributed by atoms with Gasteiger partial charge in [0.2, 0.25) is 0 Å². The van der Waals surface area contributed by atoms with Gasteiger partial charge in [0.05, 0.1) is 13.7 Å². The van der Waals surface area contributed by atoms with Gasteiger partial charge in [-0.2, -0.15) is 11.3 Å². The maximum Gasteiger partial charge on any atom is 0.279 e. The number of likely N-dealkylation sites (N-methyl/N-ethyl adjacent to an activating group) is 1. The standard InChI is InChI=1S/C19H21N3O2S2/c1-3-22(10-16-13-26-19(21-16)14-7-8-25-12-14)11-18(23)20-15-5-4-6-17(9-15)24-2/h4-9,12-13H,3,10-11H2,1-2H3,(H,20,23)/p+1. The number of hydrogen-bond donors (Lipinski definition) is 2. The molecule has 1 unspecified atom stereocenters. The smallest absolute Gasteiger partial charge is 0.279 e. The number of carbonyl (C=O) groups is 1. The molecule has 0 aliphatic carbocycles. The van der Waals surface area contributed by atoms with E-state index in [0.717, 1.165) is 35.2 Å². The first-order valence-corrected chi connectivity index (χ1v) is 10.2. The van der Waals surface area contributed by atoms with Crippen LogP contribution in [0.4, 0.5) is 5.69 Å². The highest BCUT2D eigenvalue weighted by Crippen LogP contribution is 2.25. The van der Waals surface area contributed by atoms with Crippen LogP contribution in [0.25, 0.3) is 10.6 Å². The van der Waals surface area contributed by atoms with Gasteiger partial charge in [-0.1, -0.05) is 6.07 Å². The molecule has 0 saturated carbocycles. The minimum absolute atomic E-state index is 0.0107. The molecule has 2 heterocycles. The Morgan fingerprint density at radius 3 is 2.92 bits per heavy atom. The second-order valence-corrected chi connectivity index (χ2v) is 7.53. The molecule has 1 amide bonds. The number of nitrogens with one attached hydrogen (secondary N) is 2. The highest BCUT2D eigenvalue weighted by molar-refractivity contribution is 7.14. The normalized spacial score (nSPS) is 11.9. The molecule has 0 aliphatic rings. The molecule has 3 rings (SSSR count). The molecule has 2 N–H and O–H groups in total. The SMILES string of the molecule is CC[NH+](CC(=O)Nc1cccc(OC)c1)Cc1csc(-c2ccsc2)n1. The fourth-order valence-electron chi connectivity index (χ4n) is 2.61. The van der Waals surface area contributed by atoms with E-state index in [-0.39, 0.29) is 5.91 Å². The zero-order chi connectivity index (χ0) is 18.4. The number of quaternary nitrogens is 1. The molecular weight excluding hydrogens is 366 g/mol. The molecule has 7 heteroatoms. The highest BCUT2D eigenvalue weighted by atomic mass is 32.1. The predicted octanol–water partition coefficient (Wildman–Crippen LogP) is 2.92. The molecule has 5 nitrogen and oxygen atoms in total. The van der Waals surface area contributed by atoms with Gasteiger partial charge in [-0.3, -0.25) is 4.79 Å². The Morgan fingerprint density at radius 1 is 1.31 bits per heavy atom. The van der Waals surface area contributed by atoms with E-state index >= 15 is 0 Å². The lowest BCUT2D eigenvalue weighted by Crippen LogP contribution is -3.11. The molecule has 0 radical (unpaired) electrons. The van der Waals surface area contributed by atoms with Gasteiger partial charge in [0.15, 0.2) is 6.54 Å². The number of benzene rings is 1. The molecule has 1 aromatic carbocycles. The number of methoxy groups -OCH3 is 1. The minimum atomic E-state index is -0.0107. The van der Waals surface area contributed by atoms with Crippen LogP contribution in [0, 0.1) is 0 Å². The summed E-state index contributed by atoms with van der Waals surface area (Å²) in [5, 5.41) is 10.2. The van der Waals surface area contributed by atoms with Crippen molar-refractivity contribution in [1.82, 2.24) is 4.98 Å². The molecule has 136 valence electrons. The maximum atomic E-state index is 12.4. The minimum Gasteiger partial charge on any atom is -0.497 e. The third-order valence-corrected chi connectivity index (χ3v) is 5.64. The number of thiazole rings is 1. The molecule has 3 aromatic rings. The lowest BCUT2D eigenvalue weighted by atomic mass is 10.3. The first-order valence-electron chi connectivity index (χ1n) is 8.42. The molecule has 0 saturated heterocycles. The van der Waals surface area contributed by atoms with Crippen LogP contribution in [0.3, 0.4) is 0 Å². The van der Waals surface area contributed by atoms with Crippen molar-refractivity contribution >= 4 is 34.3 Å². The second-order valence-electron chi connectivity index (χ2n) is 5.89. The van der Waals surface area contributed by atoms with Crippen molar-refractivity contribution in [2.75, 3.05) is 25.5 Å². The highest BCUT2D eigenvalue weighted by Gasteiger charge is 2.16. The first-order chi connectivity index (χ1) is 12.7. The number of amides is 1. The molecule has 0 bridgehead atoms. The van der Waals surface area contributed by atoms with Crippen LogP contribution < -0.4 is 15.0 Å². The Bertz CT molecular complexity index is 846. The Hall–Kier alpha value is -2.22. The van der Waals surface area contributed by atoms with E-state index < -0.39 is 0 Å². The van der Waals surface area contributed by atoms with Crippen LogP contribution in [0.5, 0.6) is 5.75 Å². The fraction of sp³-hybridized carbons (Fsp3) is 0.263. The largest absolute Gasteiger partial charge is 0.497 e. The van der Waals surface area contributed by atoms with Crippen molar-refractivity contribution in [2.45, 2.75) is 13.5 Å². The summed E-state index contributed by atoms with van der Waals surface area (Å²) in [4.78, 5) is 18.3. The Morgan fingerprint density at radius 2 is 2.19 bits per heavy atom. The van der Waals surface area contributed by atoms with E-state index in [4.69, 9.17) is 9.72 Å². The number of rotatable bonds is 8. The first kappa shape index (κ1) is 18.6. The van der Waals surface area contributed by atoms with Crippen molar-refractivity contribution in [3.8, 4) is 16.3 Å². The van der Waals surface area contributed by atoms with E-state index in [0.29, 0.717) is 6.54 Å². The van der Waals surface area contributed by atoms with Gasteiger partial charge < -0.3 is 15.0 Å². The van der Waals surface area contributed by atoms with Crippen LogP contribution in [0.15, 0.2) is 46.5 Å². The van der Waals surface area contributed by atoms with Crippen molar-refractivity contribution < 1.29 is 14.4 Å². The average molecular weight is 389 g/mol. The summed E-state index contributed by atoms with van der Waals surface area (Å²) in [5.41, 5.74) is 2.94. The molecular formula is C19H22N3O2S2+. The Kier molecular flexibility index (Phi) is 6.38. The summed E-state index contributed by atoms with van der Waals surface area (Å²) in [7, 11) is 1.61. The van der Waals surface area contributed by atoms with E-state index in [9.17, 15) is 4.79 Å². The van der Waals surface area contributed by atoms with E-state index in [1.165, 1.54) is 10.5 Å². The number of ether oxygens (including phenoxy) is 1. The molecule has 0 fully saturated rings. The lowest BCUT2D eigenvalue weighted by molar-refractivity contribution is -0.904. The number of anilines is 1. The van der Waals surface area contributed by atoms with Gasteiger partial charge in [-0.25, -0.2) is 4.98 Å². The van der Waals surface area contributed by atoms with Gasteiger partial charge in [0.1, 0.15) is 23.0 Å². The van der Waals surface area contributed by atoms with Crippen molar-refractivity contribution in [3.05, 3.63) is 52.2 Å². The second kappa shape index (κ2) is 8.93. The molecule has 0 aliphatic heterocycles. The van der Waals surface area contributed by atoms with Crippen LogP contribution in [0.2, 0.25) is 0 Å². The monoisotopic (exact) mass is 388 g/mol. The quantitative estimate of drug-likeness (QED) is 0.624. The van der Waals surface area contributed by atoms with E-state index in [1.807, 2.05) is 24.3 Å². The Balaban J connectivity index is 1.57. The van der Waals surface area contributed by atoms with Gasteiger partial charge in [-0.15, -0.1) is 11.3 Å². The average Bonchev–Trinajstić information content (AvgIpc) is 3.32. The topological polar surface area (TPSA) is 55.7 Å². The van der Waals surface area contributed by atoms with Crippen LogP contribution in [-0.2, 0) is 11.3 Å². The van der Waals surface area contributed by atoms with E-state index in [1.54, 1.807) is 29.8 Å². The molecule has 0 spiro atoms. The van der Waals surface area contributed by atoms with Crippen LogP contribution in [0.1, 0.15) is 12.6 Å². The van der Waals surface area contributed by atoms with Gasteiger partial charge in [-0.05, 0) is 30.5 Å². The van der Waals surface area contributed by atoms with E-state index in [2.05, 4.69) is 34.4 Å². The summed E-state index contributed by atoms with van der Waals surface area (Å²) in [6, 6.07) is 9.47. The van der Waals surface area contributed by atoms with Gasteiger partial charge in [0, 0.05) is 28.1 Å². The van der Waals surface area contributed by atoms with Crippen molar-refractivity contribution in [2.24, 2.45) is 0 Å². The summed E-state index contributed by atoms with van der Waals surface area (Å²) >= 11 is 3.33. The van der Waals surface area contributed by atoms with Gasteiger partial charge in [0.25, 0.3) is 5.91 Å². The summed E-state index contributed by atoms with van der Waals surface area (Å²) < 4.78 is 5.19. The zero-order valence-electron chi connectivity index (χ0n) is 14.8. The number of carbonyl (C=O) groups excluding carboxylic acids is 1. The van der Waals surface area contributed by atoms with Crippen LogP contribution >= 0.6 is 22.7 Å². The number of thiophene rings is 1. The summed E-state index contributed by atoms with van der Waals surface area (Å²) in [6.45, 7) is 4.08. The third-order valence-electron chi connectivity index (χ3n) is 4.02. The molecule has 1 atom stereocenters. The summed E-state index contributed by atoms with van der Waals surface area (Å²) in [6.07, 6.45) is 0. The van der Waals surface area contributed by atoms with Crippen molar-refractivity contribution in [1.29, 1.82) is 0 Å². The van der Waals surface area contributed by atoms with Crippen molar-refractivity contribution in [3.63, 3.8) is 0 Å². The summed E-state index contributed by atoms with van der Waals surface area (Å²) in [5.74, 6) is 0.717. The predicted molar refractivity (Wildman–Crippen MR) is 107 cm³/mol.